The van der Waals surface area contributed by atoms with Crippen LogP contribution in [0.2, 0.25) is 0 Å². The second kappa shape index (κ2) is 10.2. The normalized spacial score (nSPS) is 16.1. The highest BCUT2D eigenvalue weighted by atomic mass is 35.5. The van der Waals surface area contributed by atoms with Crippen molar-refractivity contribution in [3.8, 4) is 0 Å². The quantitative estimate of drug-likeness (QED) is 0.546. The van der Waals surface area contributed by atoms with Gasteiger partial charge in [-0.2, -0.15) is 4.31 Å². The molecule has 1 aliphatic rings. The van der Waals surface area contributed by atoms with Crippen LogP contribution in [0.15, 0.2) is 23.1 Å². The van der Waals surface area contributed by atoms with E-state index in [1.807, 2.05) is 0 Å². The van der Waals surface area contributed by atoms with Crippen LogP contribution < -0.4 is 5.73 Å². The Morgan fingerprint density at radius 2 is 1.96 bits per heavy atom. The summed E-state index contributed by atoms with van der Waals surface area (Å²) in [5.74, 6) is -0.540. The average Bonchev–Trinajstić information content (AvgIpc) is 2.62. The highest BCUT2D eigenvalue weighted by Gasteiger charge is 2.31. The lowest BCUT2D eigenvalue weighted by Gasteiger charge is -2.31. The molecule has 0 atom stereocenters. The van der Waals surface area contributed by atoms with E-state index in [4.69, 9.17) is 15.2 Å². The van der Waals surface area contributed by atoms with Gasteiger partial charge >= 0.3 is 5.97 Å². The molecule has 0 amide bonds. The van der Waals surface area contributed by atoms with E-state index in [1.165, 1.54) is 17.5 Å². The van der Waals surface area contributed by atoms with Crippen LogP contribution in [0, 0.1) is 6.92 Å². The summed E-state index contributed by atoms with van der Waals surface area (Å²) in [4.78, 5) is 12.0. The highest BCUT2D eigenvalue weighted by molar-refractivity contribution is 7.89. The molecule has 0 radical (unpaired) electrons. The van der Waals surface area contributed by atoms with Gasteiger partial charge in [0.1, 0.15) is 0 Å². The maximum atomic E-state index is 13.0. The monoisotopic (exact) mass is 406 g/mol. The molecule has 0 unspecified atom stereocenters. The lowest BCUT2D eigenvalue weighted by molar-refractivity contribution is 0.0209. The fourth-order valence-electron chi connectivity index (χ4n) is 2.94. The molecular weight excluding hydrogens is 380 g/mol. The first kappa shape index (κ1) is 22.9. The van der Waals surface area contributed by atoms with E-state index in [1.54, 1.807) is 19.1 Å². The highest BCUT2D eigenvalue weighted by Crippen LogP contribution is 2.26. The molecular formula is C17H27ClN2O5S. The molecule has 0 spiro atoms. The number of carbonyl (C=O) groups excluding carboxylic acids is 1. The van der Waals surface area contributed by atoms with E-state index in [2.05, 4.69) is 0 Å². The van der Waals surface area contributed by atoms with Crippen LogP contribution in [0.5, 0.6) is 0 Å². The van der Waals surface area contributed by atoms with Gasteiger partial charge in [0.25, 0.3) is 0 Å². The Kier molecular flexibility index (Phi) is 8.99. The van der Waals surface area contributed by atoms with Crippen LogP contribution in [-0.2, 0) is 19.5 Å². The number of halogens is 1. The number of hydrogen-bond donors (Lipinski definition) is 1. The Labute approximate surface area is 161 Å². The van der Waals surface area contributed by atoms with Crippen LogP contribution >= 0.6 is 12.4 Å². The SMILES string of the molecule is COC(=O)c1cccc(S(=O)(=O)N2CCC(OCCCN)CC2)c1C.Cl. The fourth-order valence-corrected chi connectivity index (χ4v) is 4.65. The van der Waals surface area contributed by atoms with Crippen LogP contribution in [0.3, 0.4) is 0 Å². The van der Waals surface area contributed by atoms with E-state index >= 15 is 0 Å². The summed E-state index contributed by atoms with van der Waals surface area (Å²) < 4.78 is 37.8. The topological polar surface area (TPSA) is 98.9 Å². The van der Waals surface area contributed by atoms with Crippen molar-refractivity contribution in [2.24, 2.45) is 5.73 Å². The minimum absolute atomic E-state index is 0. The molecule has 0 bridgehead atoms. The number of ether oxygens (including phenoxy) is 2. The first-order chi connectivity index (χ1) is 11.9. The van der Waals surface area contributed by atoms with Gasteiger partial charge in [0.15, 0.2) is 0 Å². The van der Waals surface area contributed by atoms with Crippen molar-refractivity contribution in [2.75, 3.05) is 33.4 Å². The minimum Gasteiger partial charge on any atom is -0.465 e. The number of carbonyl (C=O) groups is 1. The molecule has 1 fully saturated rings. The zero-order chi connectivity index (χ0) is 18.4. The summed E-state index contributed by atoms with van der Waals surface area (Å²) in [6.07, 6.45) is 2.18. The predicted octanol–water partition coefficient (Wildman–Crippen LogP) is 1.72. The third-order valence-electron chi connectivity index (χ3n) is 4.41. The lowest BCUT2D eigenvalue weighted by atomic mass is 10.1. The van der Waals surface area contributed by atoms with Crippen molar-refractivity contribution < 1.29 is 22.7 Å². The molecule has 148 valence electrons. The summed E-state index contributed by atoms with van der Waals surface area (Å²) >= 11 is 0. The maximum Gasteiger partial charge on any atom is 0.338 e. The zero-order valence-corrected chi connectivity index (χ0v) is 16.8. The molecule has 7 nitrogen and oxygen atoms in total. The molecule has 1 aliphatic heterocycles. The van der Waals surface area contributed by atoms with Crippen molar-refractivity contribution in [2.45, 2.75) is 37.2 Å². The lowest BCUT2D eigenvalue weighted by Crippen LogP contribution is -2.41. The van der Waals surface area contributed by atoms with Crippen molar-refractivity contribution in [1.82, 2.24) is 4.31 Å². The van der Waals surface area contributed by atoms with Gasteiger partial charge in [0.05, 0.1) is 23.7 Å². The van der Waals surface area contributed by atoms with Gasteiger partial charge in [0.2, 0.25) is 10.0 Å². The summed E-state index contributed by atoms with van der Waals surface area (Å²) in [7, 11) is -2.38. The zero-order valence-electron chi connectivity index (χ0n) is 15.1. The molecule has 1 aromatic rings. The molecule has 1 heterocycles. The number of piperidine rings is 1. The van der Waals surface area contributed by atoms with Gasteiger partial charge in [-0.15, -0.1) is 12.4 Å². The number of esters is 1. The van der Waals surface area contributed by atoms with Crippen LogP contribution in [0.4, 0.5) is 0 Å². The Balaban J connectivity index is 0.00000338. The van der Waals surface area contributed by atoms with Crippen LogP contribution in [-0.4, -0.2) is 58.1 Å². The van der Waals surface area contributed by atoms with Crippen molar-refractivity contribution in [1.29, 1.82) is 0 Å². The van der Waals surface area contributed by atoms with E-state index in [0.29, 0.717) is 44.6 Å². The molecule has 1 saturated heterocycles. The number of sulfonamides is 1. The Morgan fingerprint density at radius 1 is 1.31 bits per heavy atom. The molecule has 0 aromatic heterocycles. The van der Waals surface area contributed by atoms with E-state index in [9.17, 15) is 13.2 Å². The molecule has 1 aromatic carbocycles. The first-order valence-electron chi connectivity index (χ1n) is 8.41. The predicted molar refractivity (Wildman–Crippen MR) is 101 cm³/mol. The minimum atomic E-state index is -3.66. The van der Waals surface area contributed by atoms with E-state index in [0.717, 1.165) is 6.42 Å². The molecule has 2 N–H and O–H groups in total. The van der Waals surface area contributed by atoms with Crippen molar-refractivity contribution in [3.63, 3.8) is 0 Å². The van der Waals surface area contributed by atoms with Gasteiger partial charge in [-0.1, -0.05) is 6.07 Å². The molecule has 0 saturated carbocycles. The number of rotatable bonds is 7. The van der Waals surface area contributed by atoms with Gasteiger partial charge in [-0.25, -0.2) is 13.2 Å². The standard InChI is InChI=1S/C17H26N2O5S.ClH/c1-13-15(17(20)23-2)5-3-6-16(13)25(21,22)19-10-7-14(8-11-19)24-12-4-9-18;/h3,5-6,14H,4,7-12,18H2,1-2H3;1H. The van der Waals surface area contributed by atoms with E-state index < -0.39 is 16.0 Å². The van der Waals surface area contributed by atoms with Gasteiger partial charge in [0, 0.05) is 19.7 Å². The molecule has 0 aliphatic carbocycles. The Bertz CT molecular complexity index is 703. The largest absolute Gasteiger partial charge is 0.465 e. The number of benzene rings is 1. The molecule has 26 heavy (non-hydrogen) atoms. The summed E-state index contributed by atoms with van der Waals surface area (Å²) in [6.45, 7) is 3.62. The van der Waals surface area contributed by atoms with Gasteiger partial charge in [-0.05, 0) is 50.4 Å². The summed E-state index contributed by atoms with van der Waals surface area (Å²) in [6, 6.07) is 4.66. The summed E-state index contributed by atoms with van der Waals surface area (Å²) in [5.41, 5.74) is 6.12. The number of nitrogens with zero attached hydrogens (tertiary/aromatic N) is 1. The van der Waals surface area contributed by atoms with Gasteiger partial charge in [-0.3, -0.25) is 0 Å². The first-order valence-corrected chi connectivity index (χ1v) is 9.85. The third kappa shape index (κ3) is 5.17. The average molecular weight is 407 g/mol. The summed E-state index contributed by atoms with van der Waals surface area (Å²) in [5, 5.41) is 0. The second-order valence-corrected chi connectivity index (χ2v) is 7.94. The molecule has 9 heteroatoms. The van der Waals surface area contributed by atoms with Crippen LogP contribution in [0.1, 0.15) is 35.2 Å². The van der Waals surface area contributed by atoms with Gasteiger partial charge < -0.3 is 15.2 Å². The molecule has 2 rings (SSSR count). The fraction of sp³-hybridized carbons (Fsp3) is 0.588. The number of nitrogens with two attached hydrogens (primary N) is 1. The van der Waals surface area contributed by atoms with Crippen molar-refractivity contribution >= 4 is 28.4 Å². The number of methoxy groups -OCH3 is 1. The smallest absolute Gasteiger partial charge is 0.338 e. The Morgan fingerprint density at radius 3 is 2.54 bits per heavy atom. The third-order valence-corrected chi connectivity index (χ3v) is 6.45. The second-order valence-electron chi connectivity index (χ2n) is 6.04. The van der Waals surface area contributed by atoms with Crippen molar-refractivity contribution in [3.05, 3.63) is 29.3 Å². The number of hydrogen-bond acceptors (Lipinski definition) is 6. The Hall–Kier alpha value is -1.19. The maximum absolute atomic E-state index is 13.0. The van der Waals surface area contributed by atoms with Crippen LogP contribution in [0.25, 0.3) is 0 Å². The van der Waals surface area contributed by atoms with E-state index in [-0.39, 0.29) is 29.0 Å².